The van der Waals surface area contributed by atoms with Crippen LogP contribution in [0.1, 0.15) is 31.7 Å². The lowest BCUT2D eigenvalue weighted by molar-refractivity contribution is 0.331. The highest BCUT2D eigenvalue weighted by Gasteiger charge is 2.43. The average molecular weight is 262 g/mol. The summed E-state index contributed by atoms with van der Waals surface area (Å²) in [6, 6.07) is 5.63. The van der Waals surface area contributed by atoms with E-state index in [2.05, 4.69) is 23.2 Å². The van der Waals surface area contributed by atoms with Gasteiger partial charge in [0.15, 0.2) is 0 Å². The number of nitrogens with zero attached hydrogens (tertiary/aromatic N) is 1. The van der Waals surface area contributed by atoms with Crippen molar-refractivity contribution < 1.29 is 4.39 Å². The molecule has 1 atom stereocenters. The summed E-state index contributed by atoms with van der Waals surface area (Å²) in [5, 5.41) is 3.71. The molecule has 1 aromatic rings. The van der Waals surface area contributed by atoms with E-state index in [4.69, 9.17) is 0 Å². The maximum atomic E-state index is 13.8. The molecule has 2 aliphatic rings. The van der Waals surface area contributed by atoms with Gasteiger partial charge in [0.1, 0.15) is 5.82 Å². The topological polar surface area (TPSA) is 15.3 Å². The van der Waals surface area contributed by atoms with Gasteiger partial charge in [0.25, 0.3) is 0 Å². The van der Waals surface area contributed by atoms with Gasteiger partial charge < -0.3 is 10.2 Å². The number of anilines is 1. The predicted octanol–water partition coefficient (Wildman–Crippen LogP) is 3.10. The van der Waals surface area contributed by atoms with Crippen molar-refractivity contribution in [3.05, 3.63) is 29.6 Å². The fraction of sp³-hybridized carbons (Fsp3) is 0.625. The molecule has 3 rings (SSSR count). The summed E-state index contributed by atoms with van der Waals surface area (Å²) in [4.78, 5) is 2.35. The number of rotatable bonds is 2. The summed E-state index contributed by atoms with van der Waals surface area (Å²) in [5.74, 6) is 0.700. The minimum atomic E-state index is -0.0946. The van der Waals surface area contributed by atoms with E-state index >= 15 is 0 Å². The third-order valence-electron chi connectivity index (χ3n) is 4.65. The first-order valence-electron chi connectivity index (χ1n) is 7.35. The minimum Gasteiger partial charge on any atom is -0.370 e. The molecule has 0 aromatic heterocycles. The van der Waals surface area contributed by atoms with Crippen molar-refractivity contribution in [1.29, 1.82) is 0 Å². The maximum absolute atomic E-state index is 13.8. The summed E-state index contributed by atoms with van der Waals surface area (Å²) < 4.78 is 13.8. The molecule has 2 nitrogen and oxygen atoms in total. The summed E-state index contributed by atoms with van der Waals surface area (Å²) in [7, 11) is 0. The molecule has 3 heteroatoms. The predicted molar refractivity (Wildman–Crippen MR) is 77.1 cm³/mol. The van der Waals surface area contributed by atoms with Crippen LogP contribution in [-0.2, 0) is 0 Å². The zero-order valence-corrected chi connectivity index (χ0v) is 11.9. The van der Waals surface area contributed by atoms with Gasteiger partial charge in [0.05, 0.1) is 0 Å². The Morgan fingerprint density at radius 3 is 2.84 bits per heavy atom. The second kappa shape index (κ2) is 4.78. The Bertz CT molecular complexity index is 470. The first-order valence-corrected chi connectivity index (χ1v) is 7.35. The van der Waals surface area contributed by atoms with Crippen molar-refractivity contribution in [1.82, 2.24) is 5.32 Å². The molecule has 0 bridgehead atoms. The second-order valence-corrected chi connectivity index (χ2v) is 6.33. The van der Waals surface area contributed by atoms with Crippen molar-refractivity contribution in [3.63, 3.8) is 0 Å². The number of benzene rings is 1. The van der Waals surface area contributed by atoms with Crippen LogP contribution in [-0.4, -0.2) is 25.2 Å². The van der Waals surface area contributed by atoms with Gasteiger partial charge in [-0.15, -0.1) is 0 Å². The van der Waals surface area contributed by atoms with E-state index in [1.54, 1.807) is 6.07 Å². The molecular formula is C16H23FN2. The normalized spacial score (nSPS) is 28.3. The van der Waals surface area contributed by atoms with Crippen LogP contribution in [0.2, 0.25) is 0 Å². The molecule has 0 spiro atoms. The van der Waals surface area contributed by atoms with Crippen LogP contribution in [0.3, 0.4) is 0 Å². The molecule has 0 radical (unpaired) electrons. The Morgan fingerprint density at radius 2 is 2.16 bits per heavy atom. The number of aryl methyl sites for hydroxylation is 1. The quantitative estimate of drug-likeness (QED) is 0.881. The molecule has 1 saturated heterocycles. The lowest BCUT2D eigenvalue weighted by Crippen LogP contribution is -2.51. The van der Waals surface area contributed by atoms with E-state index in [1.165, 1.54) is 12.8 Å². The van der Waals surface area contributed by atoms with Crippen molar-refractivity contribution in [2.24, 2.45) is 5.92 Å². The number of hydrogen-bond donors (Lipinski definition) is 1. The van der Waals surface area contributed by atoms with Crippen LogP contribution in [0.25, 0.3) is 0 Å². The maximum Gasteiger partial charge on any atom is 0.128 e. The Hall–Kier alpha value is -1.09. The lowest BCUT2D eigenvalue weighted by Gasteiger charge is -2.35. The third kappa shape index (κ3) is 2.62. The SMILES string of the molecule is Cc1ccc(N2CCCNC(C)(C3CC3)C2)cc1F. The largest absolute Gasteiger partial charge is 0.370 e. The molecular weight excluding hydrogens is 239 g/mol. The first kappa shape index (κ1) is 12.9. The van der Waals surface area contributed by atoms with Gasteiger partial charge in [-0.05, 0) is 63.3 Å². The van der Waals surface area contributed by atoms with Gasteiger partial charge in [-0.1, -0.05) is 6.07 Å². The van der Waals surface area contributed by atoms with E-state index < -0.39 is 0 Å². The Labute approximate surface area is 115 Å². The average Bonchev–Trinajstić information content (AvgIpc) is 3.19. The van der Waals surface area contributed by atoms with Crippen LogP contribution < -0.4 is 10.2 Å². The zero-order valence-electron chi connectivity index (χ0n) is 11.9. The standard InChI is InChI=1S/C16H23FN2/c1-12-4-7-14(10-15(12)17)19-9-3-8-18-16(2,11-19)13-5-6-13/h4,7,10,13,18H,3,5-6,8-9,11H2,1-2H3. The number of nitrogens with one attached hydrogen (secondary N) is 1. The van der Waals surface area contributed by atoms with Gasteiger partial charge >= 0.3 is 0 Å². The summed E-state index contributed by atoms with van der Waals surface area (Å²) in [6.45, 7) is 7.21. The first-order chi connectivity index (χ1) is 9.08. The number of hydrogen-bond acceptors (Lipinski definition) is 2. The van der Waals surface area contributed by atoms with Gasteiger partial charge in [0, 0.05) is 24.3 Å². The molecule has 2 fully saturated rings. The second-order valence-electron chi connectivity index (χ2n) is 6.33. The summed E-state index contributed by atoms with van der Waals surface area (Å²) >= 11 is 0. The Balaban J connectivity index is 1.83. The minimum absolute atomic E-state index is 0.0946. The molecule has 1 aliphatic heterocycles. The van der Waals surface area contributed by atoms with E-state index in [0.717, 1.165) is 43.2 Å². The van der Waals surface area contributed by atoms with Crippen molar-refractivity contribution >= 4 is 5.69 Å². The van der Waals surface area contributed by atoms with Gasteiger partial charge in [-0.25, -0.2) is 4.39 Å². The highest BCUT2D eigenvalue weighted by molar-refractivity contribution is 5.49. The van der Waals surface area contributed by atoms with Crippen LogP contribution in [0.5, 0.6) is 0 Å². The van der Waals surface area contributed by atoms with Gasteiger partial charge in [-0.3, -0.25) is 0 Å². The molecule has 1 aliphatic carbocycles. The van der Waals surface area contributed by atoms with Gasteiger partial charge in [-0.2, -0.15) is 0 Å². The molecule has 19 heavy (non-hydrogen) atoms. The zero-order chi connectivity index (χ0) is 13.5. The Morgan fingerprint density at radius 1 is 1.37 bits per heavy atom. The molecule has 1 saturated carbocycles. The lowest BCUT2D eigenvalue weighted by atomic mass is 9.95. The van der Waals surface area contributed by atoms with Crippen LogP contribution in [0.15, 0.2) is 18.2 Å². The summed E-state index contributed by atoms with van der Waals surface area (Å²) in [6.07, 6.45) is 3.79. The molecule has 1 heterocycles. The van der Waals surface area contributed by atoms with Crippen LogP contribution >= 0.6 is 0 Å². The van der Waals surface area contributed by atoms with E-state index in [-0.39, 0.29) is 11.4 Å². The third-order valence-corrected chi connectivity index (χ3v) is 4.65. The smallest absolute Gasteiger partial charge is 0.128 e. The van der Waals surface area contributed by atoms with Crippen molar-refractivity contribution in [2.45, 2.75) is 38.6 Å². The van der Waals surface area contributed by atoms with Crippen molar-refractivity contribution in [3.8, 4) is 0 Å². The van der Waals surface area contributed by atoms with Crippen molar-refractivity contribution in [2.75, 3.05) is 24.5 Å². The fourth-order valence-corrected chi connectivity index (χ4v) is 3.17. The number of halogens is 1. The van der Waals surface area contributed by atoms with Gasteiger partial charge in [0.2, 0.25) is 0 Å². The monoisotopic (exact) mass is 262 g/mol. The van der Waals surface area contributed by atoms with Crippen LogP contribution in [0, 0.1) is 18.7 Å². The molecule has 104 valence electrons. The molecule has 0 amide bonds. The fourth-order valence-electron chi connectivity index (χ4n) is 3.17. The Kier molecular flexibility index (Phi) is 3.25. The molecule has 1 N–H and O–H groups in total. The molecule has 1 unspecified atom stereocenters. The molecule has 1 aromatic carbocycles. The highest BCUT2D eigenvalue weighted by atomic mass is 19.1. The summed E-state index contributed by atoms with van der Waals surface area (Å²) in [5.41, 5.74) is 1.94. The van der Waals surface area contributed by atoms with Crippen LogP contribution in [0.4, 0.5) is 10.1 Å². The highest BCUT2D eigenvalue weighted by Crippen LogP contribution is 2.41. The van der Waals surface area contributed by atoms with E-state index in [1.807, 2.05) is 13.0 Å². The van der Waals surface area contributed by atoms with E-state index in [9.17, 15) is 4.39 Å². The van der Waals surface area contributed by atoms with E-state index in [0.29, 0.717) is 0 Å².